The number of hydrogen-bond donors (Lipinski definition) is 0. The van der Waals surface area contributed by atoms with Crippen LogP contribution < -0.4 is 0 Å². The van der Waals surface area contributed by atoms with Gasteiger partial charge in [-0.05, 0) is 21.8 Å². The monoisotopic (exact) mass is 240 g/mol. The summed E-state index contributed by atoms with van der Waals surface area (Å²) in [6, 6.07) is 12.3. The molecule has 0 saturated carbocycles. The van der Waals surface area contributed by atoms with Crippen LogP contribution in [0.2, 0.25) is 0 Å². The molecule has 0 spiro atoms. The molecule has 0 unspecified atom stereocenters. The maximum atomic E-state index is 12.0. The van der Waals surface area contributed by atoms with E-state index in [2.05, 4.69) is 32.9 Å². The number of rotatable bonds is 2. The molecule has 0 atom stereocenters. The first kappa shape index (κ1) is 12.8. The van der Waals surface area contributed by atoms with Crippen molar-refractivity contribution in [3.63, 3.8) is 0 Å². The molecule has 0 heterocycles. The lowest BCUT2D eigenvalue weighted by atomic mass is 9.82. The summed E-state index contributed by atoms with van der Waals surface area (Å²) >= 11 is 0. The van der Waals surface area contributed by atoms with E-state index in [0.717, 1.165) is 10.9 Å². The number of Topliss-reactive ketones (excluding diaryl/α,β-unsaturated/α-hetero) is 1. The Balaban J connectivity index is 2.78. The highest BCUT2D eigenvalue weighted by atomic mass is 16.1. The predicted octanol–water partition coefficient (Wildman–Crippen LogP) is 4.73. The average Bonchev–Trinajstić information content (AvgIpc) is 2.35. The Hall–Kier alpha value is -1.63. The van der Waals surface area contributed by atoms with Crippen LogP contribution in [0.3, 0.4) is 0 Å². The fourth-order valence-electron chi connectivity index (χ4n) is 2.39. The van der Waals surface area contributed by atoms with Crippen molar-refractivity contribution >= 4 is 16.6 Å². The Labute approximate surface area is 109 Å². The highest BCUT2D eigenvalue weighted by Crippen LogP contribution is 2.32. The molecule has 2 rings (SSSR count). The Morgan fingerprint density at radius 1 is 1.00 bits per heavy atom. The van der Waals surface area contributed by atoms with Crippen molar-refractivity contribution in [2.24, 2.45) is 0 Å². The van der Waals surface area contributed by atoms with Gasteiger partial charge in [-0.15, -0.1) is 0 Å². The maximum Gasteiger partial charge on any atom is 0.163 e. The van der Waals surface area contributed by atoms with Gasteiger partial charge in [0, 0.05) is 12.0 Å². The van der Waals surface area contributed by atoms with Crippen LogP contribution in [-0.2, 0) is 5.41 Å². The van der Waals surface area contributed by atoms with Crippen molar-refractivity contribution in [1.82, 2.24) is 0 Å². The SMILES string of the molecule is CCC(=O)c1ccc(C(C)(C)C)c2ccccc12. The summed E-state index contributed by atoms with van der Waals surface area (Å²) in [5.41, 5.74) is 2.24. The second-order valence-electron chi connectivity index (χ2n) is 5.73. The molecule has 0 aliphatic carbocycles. The van der Waals surface area contributed by atoms with E-state index in [4.69, 9.17) is 0 Å². The van der Waals surface area contributed by atoms with Crippen LogP contribution in [-0.4, -0.2) is 5.78 Å². The molecule has 2 aromatic rings. The molecule has 0 N–H and O–H groups in total. The van der Waals surface area contributed by atoms with Gasteiger partial charge in [0.25, 0.3) is 0 Å². The Bertz CT molecular complexity index is 588. The van der Waals surface area contributed by atoms with Crippen molar-refractivity contribution in [2.45, 2.75) is 39.5 Å². The van der Waals surface area contributed by atoms with Gasteiger partial charge in [0.1, 0.15) is 0 Å². The third-order valence-electron chi connectivity index (χ3n) is 3.35. The van der Waals surface area contributed by atoms with Gasteiger partial charge in [0.2, 0.25) is 0 Å². The van der Waals surface area contributed by atoms with E-state index in [9.17, 15) is 4.79 Å². The Morgan fingerprint density at radius 3 is 2.17 bits per heavy atom. The van der Waals surface area contributed by atoms with Crippen molar-refractivity contribution in [3.05, 3.63) is 47.5 Å². The fraction of sp³-hybridized carbons (Fsp3) is 0.353. The van der Waals surface area contributed by atoms with Crippen LogP contribution in [0.1, 0.15) is 50.0 Å². The van der Waals surface area contributed by atoms with Crippen molar-refractivity contribution in [2.75, 3.05) is 0 Å². The molecular formula is C17H20O. The topological polar surface area (TPSA) is 17.1 Å². The van der Waals surface area contributed by atoms with E-state index in [-0.39, 0.29) is 11.2 Å². The van der Waals surface area contributed by atoms with E-state index in [1.165, 1.54) is 10.9 Å². The van der Waals surface area contributed by atoms with Gasteiger partial charge in [-0.1, -0.05) is 64.1 Å². The van der Waals surface area contributed by atoms with Gasteiger partial charge in [-0.25, -0.2) is 0 Å². The quantitative estimate of drug-likeness (QED) is 0.693. The number of fused-ring (bicyclic) bond motifs is 1. The summed E-state index contributed by atoms with van der Waals surface area (Å²) in [7, 11) is 0. The maximum absolute atomic E-state index is 12.0. The number of carbonyl (C=O) groups excluding carboxylic acids is 1. The van der Waals surface area contributed by atoms with Gasteiger partial charge < -0.3 is 0 Å². The van der Waals surface area contributed by atoms with E-state index >= 15 is 0 Å². The molecule has 1 nitrogen and oxygen atoms in total. The van der Waals surface area contributed by atoms with Crippen LogP contribution in [0.25, 0.3) is 10.8 Å². The standard InChI is InChI=1S/C17H20O/c1-5-16(18)14-10-11-15(17(2,3)4)13-9-7-6-8-12(13)14/h6-11H,5H2,1-4H3. The molecular weight excluding hydrogens is 220 g/mol. The zero-order valence-electron chi connectivity index (χ0n) is 11.6. The summed E-state index contributed by atoms with van der Waals surface area (Å²) in [6.07, 6.45) is 0.554. The van der Waals surface area contributed by atoms with Crippen LogP contribution in [0, 0.1) is 0 Å². The highest BCUT2D eigenvalue weighted by molar-refractivity contribution is 6.08. The molecule has 1 heteroatoms. The number of carbonyl (C=O) groups is 1. The van der Waals surface area contributed by atoms with E-state index in [1.807, 2.05) is 31.2 Å². The Morgan fingerprint density at radius 2 is 1.61 bits per heavy atom. The molecule has 0 saturated heterocycles. The predicted molar refractivity (Wildman–Crippen MR) is 77.3 cm³/mol. The molecule has 18 heavy (non-hydrogen) atoms. The first-order valence-electron chi connectivity index (χ1n) is 6.50. The zero-order valence-corrected chi connectivity index (χ0v) is 11.6. The Kier molecular flexibility index (Phi) is 3.25. The summed E-state index contributed by atoms with van der Waals surface area (Å²) < 4.78 is 0. The molecule has 2 aromatic carbocycles. The third-order valence-corrected chi connectivity index (χ3v) is 3.35. The van der Waals surface area contributed by atoms with E-state index < -0.39 is 0 Å². The average molecular weight is 240 g/mol. The lowest BCUT2D eigenvalue weighted by Gasteiger charge is -2.22. The van der Waals surface area contributed by atoms with E-state index in [1.54, 1.807) is 0 Å². The van der Waals surface area contributed by atoms with Gasteiger partial charge in [-0.3, -0.25) is 4.79 Å². The van der Waals surface area contributed by atoms with Crippen LogP contribution in [0.5, 0.6) is 0 Å². The van der Waals surface area contributed by atoms with Gasteiger partial charge in [0.05, 0.1) is 0 Å². The third kappa shape index (κ3) is 2.17. The first-order valence-corrected chi connectivity index (χ1v) is 6.50. The normalized spacial score (nSPS) is 11.8. The number of benzene rings is 2. The smallest absolute Gasteiger partial charge is 0.163 e. The van der Waals surface area contributed by atoms with Crippen molar-refractivity contribution in [3.8, 4) is 0 Å². The summed E-state index contributed by atoms with van der Waals surface area (Å²) in [5.74, 6) is 0.214. The summed E-state index contributed by atoms with van der Waals surface area (Å²) in [5, 5.41) is 2.28. The van der Waals surface area contributed by atoms with Crippen LogP contribution in [0.4, 0.5) is 0 Å². The minimum atomic E-state index is 0.0907. The molecule has 0 aromatic heterocycles. The van der Waals surface area contributed by atoms with Gasteiger partial charge >= 0.3 is 0 Å². The van der Waals surface area contributed by atoms with Crippen LogP contribution >= 0.6 is 0 Å². The molecule has 0 fully saturated rings. The largest absolute Gasteiger partial charge is 0.294 e. The molecule has 94 valence electrons. The molecule has 0 radical (unpaired) electrons. The molecule has 0 aliphatic heterocycles. The fourth-order valence-corrected chi connectivity index (χ4v) is 2.39. The summed E-state index contributed by atoms with van der Waals surface area (Å²) in [4.78, 5) is 12.0. The minimum absolute atomic E-state index is 0.0907. The van der Waals surface area contributed by atoms with Gasteiger partial charge in [0.15, 0.2) is 5.78 Å². The van der Waals surface area contributed by atoms with Gasteiger partial charge in [-0.2, -0.15) is 0 Å². The number of ketones is 1. The zero-order chi connectivity index (χ0) is 13.3. The molecule has 0 bridgehead atoms. The van der Waals surface area contributed by atoms with Crippen molar-refractivity contribution in [1.29, 1.82) is 0 Å². The number of hydrogen-bond acceptors (Lipinski definition) is 1. The lowest BCUT2D eigenvalue weighted by molar-refractivity contribution is 0.0989. The minimum Gasteiger partial charge on any atom is -0.294 e. The summed E-state index contributed by atoms with van der Waals surface area (Å²) in [6.45, 7) is 8.52. The highest BCUT2D eigenvalue weighted by Gasteiger charge is 2.19. The van der Waals surface area contributed by atoms with Crippen molar-refractivity contribution < 1.29 is 4.79 Å². The van der Waals surface area contributed by atoms with Crippen LogP contribution in [0.15, 0.2) is 36.4 Å². The second kappa shape index (κ2) is 4.56. The lowest BCUT2D eigenvalue weighted by Crippen LogP contribution is -2.12. The first-order chi connectivity index (χ1) is 8.45. The molecule has 0 aliphatic rings. The second-order valence-corrected chi connectivity index (χ2v) is 5.73. The molecule has 0 amide bonds. The van der Waals surface area contributed by atoms with E-state index in [0.29, 0.717) is 6.42 Å².